The molecule has 3 aromatic carbocycles. The van der Waals surface area contributed by atoms with Gasteiger partial charge in [0.1, 0.15) is 0 Å². The highest BCUT2D eigenvalue weighted by molar-refractivity contribution is 7.97. The monoisotopic (exact) mass is 342 g/mol. The molecule has 0 spiro atoms. The van der Waals surface area contributed by atoms with Crippen molar-refractivity contribution in [3.05, 3.63) is 90.5 Å². The quantitative estimate of drug-likeness (QED) is 0.729. The Morgan fingerprint density at radius 2 is 1.04 bits per heavy atom. The molecule has 3 aromatic rings. The third-order valence-corrected chi connectivity index (χ3v) is 5.53. The second-order valence-electron chi connectivity index (χ2n) is 4.76. The van der Waals surface area contributed by atoms with E-state index in [1.807, 2.05) is 48.5 Å². The van der Waals surface area contributed by atoms with E-state index in [0.29, 0.717) is 5.56 Å². The van der Waals surface area contributed by atoms with Crippen molar-refractivity contribution < 1.29 is 22.3 Å². The number of aromatic carboxylic acids is 1. The Bertz CT molecular complexity index is 719. The van der Waals surface area contributed by atoms with Gasteiger partial charge in [-0.25, -0.2) is 4.79 Å². The summed E-state index contributed by atoms with van der Waals surface area (Å²) >= 11 is 0. The van der Waals surface area contributed by atoms with Gasteiger partial charge in [-0.15, -0.1) is 0 Å². The maximum absolute atomic E-state index is 11.0. The maximum Gasteiger partial charge on any atom is 0.335 e. The molecule has 4 heteroatoms. The first-order valence-corrected chi connectivity index (χ1v) is 8.16. The molecule has 0 unspecified atom stereocenters. The fourth-order valence-corrected chi connectivity index (χ4v) is 4.34. The van der Waals surface area contributed by atoms with E-state index in [1.165, 1.54) is 9.79 Å². The normalized spacial score (nSPS) is 10.1. The second-order valence-corrected chi connectivity index (χ2v) is 6.79. The van der Waals surface area contributed by atoms with Crippen molar-refractivity contribution in [1.29, 1.82) is 0 Å². The first-order chi connectivity index (χ1) is 10.8. The number of halogens is 1. The summed E-state index contributed by atoms with van der Waals surface area (Å²) in [5, 5.41) is 9.05. The molecule has 0 radical (unpaired) electrons. The zero-order valence-electron chi connectivity index (χ0n) is 12.2. The molecule has 0 heterocycles. The van der Waals surface area contributed by atoms with Crippen molar-refractivity contribution in [3.8, 4) is 0 Å². The van der Waals surface area contributed by atoms with Gasteiger partial charge in [-0.1, -0.05) is 36.4 Å². The van der Waals surface area contributed by atoms with E-state index in [2.05, 4.69) is 24.3 Å². The van der Waals surface area contributed by atoms with Crippen molar-refractivity contribution in [2.45, 2.75) is 14.7 Å². The first kappa shape index (κ1) is 17.1. The molecule has 0 aliphatic rings. The Morgan fingerprint density at radius 1 is 0.652 bits per heavy atom. The number of carbonyl (C=O) groups is 1. The molecule has 23 heavy (non-hydrogen) atoms. The number of rotatable bonds is 4. The summed E-state index contributed by atoms with van der Waals surface area (Å²) < 4.78 is 0. The van der Waals surface area contributed by atoms with Crippen LogP contribution in [0.4, 0.5) is 0 Å². The molecule has 0 fully saturated rings. The summed E-state index contributed by atoms with van der Waals surface area (Å²) in [4.78, 5) is 14.6. The van der Waals surface area contributed by atoms with Crippen LogP contribution >= 0.6 is 0 Å². The average molecular weight is 343 g/mol. The number of hydrogen-bond donors (Lipinski definition) is 1. The van der Waals surface area contributed by atoms with Crippen LogP contribution in [0.25, 0.3) is 0 Å². The minimum Gasteiger partial charge on any atom is -1.00 e. The molecule has 0 saturated heterocycles. The van der Waals surface area contributed by atoms with Gasteiger partial charge in [-0.05, 0) is 48.5 Å². The van der Waals surface area contributed by atoms with E-state index in [1.54, 1.807) is 12.1 Å². The molecule has 0 amide bonds. The van der Waals surface area contributed by atoms with Crippen molar-refractivity contribution in [2.24, 2.45) is 0 Å². The van der Waals surface area contributed by atoms with Crippen LogP contribution in [-0.2, 0) is 10.9 Å². The molecule has 0 aliphatic carbocycles. The Morgan fingerprint density at radius 3 is 1.43 bits per heavy atom. The smallest absolute Gasteiger partial charge is 0.335 e. The van der Waals surface area contributed by atoms with Gasteiger partial charge in [0.15, 0.2) is 14.7 Å². The predicted octanol–water partition coefficient (Wildman–Crippen LogP) is 1.48. The zero-order chi connectivity index (χ0) is 15.4. The van der Waals surface area contributed by atoms with E-state index in [4.69, 9.17) is 5.11 Å². The minimum atomic E-state index is -0.897. The van der Waals surface area contributed by atoms with E-state index >= 15 is 0 Å². The van der Waals surface area contributed by atoms with Gasteiger partial charge in [0.2, 0.25) is 0 Å². The highest BCUT2D eigenvalue weighted by Crippen LogP contribution is 2.30. The molecular weight excluding hydrogens is 328 g/mol. The van der Waals surface area contributed by atoms with Crippen LogP contribution in [0.15, 0.2) is 99.6 Å². The Hall–Kier alpha value is -2.23. The molecular formula is C19H15ClO2S. The van der Waals surface area contributed by atoms with Gasteiger partial charge in [-0.2, -0.15) is 0 Å². The van der Waals surface area contributed by atoms with Crippen molar-refractivity contribution in [1.82, 2.24) is 0 Å². The molecule has 0 saturated carbocycles. The maximum atomic E-state index is 11.0. The number of benzene rings is 3. The van der Waals surface area contributed by atoms with Gasteiger partial charge in [-0.3, -0.25) is 0 Å². The fraction of sp³-hybridized carbons (Fsp3) is 0. The molecule has 0 aromatic heterocycles. The number of hydrogen-bond acceptors (Lipinski definition) is 1. The molecule has 2 nitrogen and oxygen atoms in total. The molecule has 116 valence electrons. The summed E-state index contributed by atoms with van der Waals surface area (Å²) in [5.74, 6) is -0.897. The summed E-state index contributed by atoms with van der Waals surface area (Å²) in [6, 6.07) is 27.7. The van der Waals surface area contributed by atoms with E-state index in [-0.39, 0.29) is 23.3 Å². The van der Waals surface area contributed by atoms with Crippen LogP contribution in [0.1, 0.15) is 10.4 Å². The average Bonchev–Trinajstić information content (AvgIpc) is 2.57. The molecule has 0 atom stereocenters. The van der Waals surface area contributed by atoms with Crippen molar-refractivity contribution >= 4 is 16.9 Å². The lowest BCUT2D eigenvalue weighted by Crippen LogP contribution is -3.00. The minimum absolute atomic E-state index is 0. The topological polar surface area (TPSA) is 37.3 Å². The van der Waals surface area contributed by atoms with Crippen LogP contribution in [-0.4, -0.2) is 11.1 Å². The van der Waals surface area contributed by atoms with Crippen molar-refractivity contribution in [3.63, 3.8) is 0 Å². The lowest BCUT2D eigenvalue weighted by molar-refractivity contribution is -0.0000198. The van der Waals surface area contributed by atoms with Crippen LogP contribution in [0.3, 0.4) is 0 Å². The number of carboxylic acid groups (broad SMARTS) is 1. The van der Waals surface area contributed by atoms with Crippen LogP contribution in [0, 0.1) is 0 Å². The highest BCUT2D eigenvalue weighted by Gasteiger charge is 2.28. The molecule has 1 N–H and O–H groups in total. The summed E-state index contributed by atoms with van der Waals surface area (Å²) in [6.45, 7) is 0. The SMILES string of the molecule is O=C(O)c1ccc([S+](c2ccccc2)c2ccccc2)cc1.[Cl-]. The van der Waals surface area contributed by atoms with Crippen LogP contribution in [0.2, 0.25) is 0 Å². The second kappa shape index (κ2) is 7.86. The largest absolute Gasteiger partial charge is 1.00 e. The zero-order valence-corrected chi connectivity index (χ0v) is 13.8. The van der Waals surface area contributed by atoms with E-state index in [9.17, 15) is 4.79 Å². The molecule has 0 bridgehead atoms. The highest BCUT2D eigenvalue weighted by atomic mass is 35.5. The van der Waals surface area contributed by atoms with Gasteiger partial charge in [0, 0.05) is 0 Å². The predicted molar refractivity (Wildman–Crippen MR) is 88.4 cm³/mol. The third-order valence-electron chi connectivity index (χ3n) is 3.29. The van der Waals surface area contributed by atoms with E-state index in [0.717, 1.165) is 4.90 Å². The van der Waals surface area contributed by atoms with Gasteiger partial charge in [0.25, 0.3) is 0 Å². The summed E-state index contributed by atoms with van der Waals surface area (Å²) in [5.41, 5.74) is 0.313. The first-order valence-electron chi connectivity index (χ1n) is 6.93. The molecule has 0 aliphatic heterocycles. The third kappa shape index (κ3) is 3.95. The summed E-state index contributed by atoms with van der Waals surface area (Å²) in [7, 11) is -0.229. The van der Waals surface area contributed by atoms with Gasteiger partial charge < -0.3 is 17.5 Å². The molecule has 3 rings (SSSR count). The standard InChI is InChI=1S/C19H14O2S.ClH/c20-19(21)15-11-13-18(14-12-15)22(16-7-3-1-4-8-16)17-9-5-2-6-10-17;/h1-14H;1H. The van der Waals surface area contributed by atoms with Gasteiger partial charge in [0.05, 0.1) is 16.5 Å². The summed E-state index contributed by atoms with van der Waals surface area (Å²) in [6.07, 6.45) is 0. The fourth-order valence-electron chi connectivity index (χ4n) is 2.25. The van der Waals surface area contributed by atoms with Crippen LogP contribution < -0.4 is 12.4 Å². The number of carboxylic acids is 1. The Kier molecular flexibility index (Phi) is 5.85. The Labute approximate surface area is 144 Å². The van der Waals surface area contributed by atoms with Gasteiger partial charge >= 0.3 is 5.97 Å². The lowest BCUT2D eigenvalue weighted by atomic mass is 10.2. The Balaban J connectivity index is 0.00000192. The van der Waals surface area contributed by atoms with Crippen LogP contribution in [0.5, 0.6) is 0 Å². The lowest BCUT2D eigenvalue weighted by Gasteiger charge is -2.07. The van der Waals surface area contributed by atoms with Crippen molar-refractivity contribution in [2.75, 3.05) is 0 Å². The van der Waals surface area contributed by atoms with E-state index < -0.39 is 5.97 Å².